The Kier molecular flexibility index (Phi) is 395. The Bertz CT molecular complexity index is 38.8. The van der Waals surface area contributed by atoms with Crippen LogP contribution >= 0.6 is 0 Å². The summed E-state index contributed by atoms with van der Waals surface area (Å²) in [6.45, 7) is 0. The number of hydrogen-bond acceptors (Lipinski definition) is 1. The molecule has 0 aromatic heterocycles. The van der Waals surface area contributed by atoms with Gasteiger partial charge in [-0.3, -0.25) is 0 Å². The molecule has 0 saturated carbocycles. The van der Waals surface area contributed by atoms with E-state index in [9.17, 15) is 0 Å². The summed E-state index contributed by atoms with van der Waals surface area (Å²) >= 11 is 0. The zero-order chi connectivity index (χ0) is 3.58. The second kappa shape index (κ2) is 48.7. The minimum atomic E-state index is -1.83. The SMILES string of the molecule is O=C(O)O.[Co].[NH2-].[NH2-].[NH2-].[NH2-]. The van der Waals surface area contributed by atoms with Gasteiger partial charge in [-0.05, 0) is 0 Å². The summed E-state index contributed by atoms with van der Waals surface area (Å²) < 4.78 is 0. The van der Waals surface area contributed by atoms with Crippen LogP contribution in [0.15, 0.2) is 0 Å². The van der Waals surface area contributed by atoms with E-state index >= 15 is 0 Å². The van der Waals surface area contributed by atoms with Crippen molar-refractivity contribution in [2.45, 2.75) is 0 Å². The Morgan fingerprint density at radius 3 is 0.889 bits per heavy atom. The first kappa shape index (κ1) is 73.0. The van der Waals surface area contributed by atoms with Crippen molar-refractivity contribution in [1.29, 1.82) is 0 Å². The molecule has 0 bridgehead atoms. The normalized spacial score (nSPS) is 2.67. The smallest absolute Gasteiger partial charge is 0.503 e. The average molecular weight is 185 g/mol. The van der Waals surface area contributed by atoms with Crippen molar-refractivity contribution >= 4 is 6.16 Å². The summed E-state index contributed by atoms with van der Waals surface area (Å²) in [6, 6.07) is 0. The molecule has 10 N–H and O–H groups in total. The van der Waals surface area contributed by atoms with E-state index in [1.165, 1.54) is 0 Å². The number of carbonyl (C=O) groups is 1. The molecule has 1 radical (unpaired) electrons. The number of rotatable bonds is 0. The topological polar surface area (TPSA) is 192 Å². The van der Waals surface area contributed by atoms with Crippen LogP contribution in [0.4, 0.5) is 4.79 Å². The van der Waals surface area contributed by atoms with E-state index in [4.69, 9.17) is 15.0 Å². The minimum absolute atomic E-state index is 0. The Hall–Kier alpha value is -0.384. The Morgan fingerprint density at radius 2 is 0.889 bits per heavy atom. The van der Waals surface area contributed by atoms with Crippen molar-refractivity contribution in [1.82, 2.24) is 0 Å². The fraction of sp³-hybridized carbons (Fsp3) is 0. The molecule has 0 atom stereocenters. The van der Waals surface area contributed by atoms with E-state index in [1.807, 2.05) is 0 Å². The monoisotopic (exact) mass is 185 g/mol. The molecular formula is CH10CoN4O3-4. The first-order valence-corrected chi connectivity index (χ1v) is 0.651. The van der Waals surface area contributed by atoms with E-state index < -0.39 is 6.16 Å². The maximum atomic E-state index is 8.56. The van der Waals surface area contributed by atoms with Gasteiger partial charge in [-0.25, -0.2) is 4.79 Å². The number of carboxylic acid groups (broad SMARTS) is 2. The number of nitrogens with two attached hydrogens (primary N) is 4. The van der Waals surface area contributed by atoms with Crippen LogP contribution in [0.5, 0.6) is 0 Å². The Morgan fingerprint density at radius 1 is 0.889 bits per heavy atom. The summed E-state index contributed by atoms with van der Waals surface area (Å²) in [5.41, 5.74) is 0. The third-order valence-electron chi connectivity index (χ3n) is 0. The van der Waals surface area contributed by atoms with Crippen molar-refractivity contribution in [2.24, 2.45) is 0 Å². The fourth-order valence-electron chi connectivity index (χ4n) is 0. The molecule has 0 aromatic rings. The third kappa shape index (κ3) is 1630. The molecule has 0 aliphatic carbocycles. The standard InChI is InChI=1S/CH2O3.Co.4H2N/c2-1(3)4;;;;;/h(H2,2,3,4);;4*1H2/q;;4*-1. The van der Waals surface area contributed by atoms with Crippen LogP contribution in [0.3, 0.4) is 0 Å². The zero-order valence-electron chi connectivity index (χ0n) is 4.45. The molecule has 0 saturated heterocycles. The van der Waals surface area contributed by atoms with E-state index in [0.717, 1.165) is 0 Å². The summed E-state index contributed by atoms with van der Waals surface area (Å²) in [7, 11) is 0. The molecule has 0 amide bonds. The van der Waals surface area contributed by atoms with Crippen LogP contribution < -0.4 is 0 Å². The first-order valence-electron chi connectivity index (χ1n) is 0.651. The van der Waals surface area contributed by atoms with Gasteiger partial charge in [0, 0.05) is 16.8 Å². The fourth-order valence-corrected chi connectivity index (χ4v) is 0. The van der Waals surface area contributed by atoms with Crippen molar-refractivity contribution in [3.05, 3.63) is 24.6 Å². The van der Waals surface area contributed by atoms with E-state index in [0.29, 0.717) is 0 Å². The van der Waals surface area contributed by atoms with Crippen molar-refractivity contribution in [3.8, 4) is 0 Å². The van der Waals surface area contributed by atoms with Gasteiger partial charge in [0.1, 0.15) is 0 Å². The maximum absolute atomic E-state index is 8.56. The summed E-state index contributed by atoms with van der Waals surface area (Å²) in [6.07, 6.45) is -1.83. The van der Waals surface area contributed by atoms with Crippen molar-refractivity contribution in [2.75, 3.05) is 0 Å². The zero-order valence-corrected chi connectivity index (χ0v) is 5.49. The van der Waals surface area contributed by atoms with E-state index in [-0.39, 0.29) is 41.4 Å². The molecule has 0 aromatic carbocycles. The molecule has 9 heavy (non-hydrogen) atoms. The molecular weight excluding hydrogens is 175 g/mol. The molecule has 65 valence electrons. The summed E-state index contributed by atoms with van der Waals surface area (Å²) in [4.78, 5) is 8.56. The van der Waals surface area contributed by atoms with Gasteiger partial charge in [-0.2, -0.15) is 0 Å². The second-order valence-electron chi connectivity index (χ2n) is 0.283. The van der Waals surface area contributed by atoms with Gasteiger partial charge in [0.2, 0.25) is 0 Å². The Labute approximate surface area is 63.4 Å². The van der Waals surface area contributed by atoms with Crippen LogP contribution in [0.2, 0.25) is 0 Å². The molecule has 0 heterocycles. The van der Waals surface area contributed by atoms with E-state index in [1.54, 1.807) is 0 Å². The predicted octanol–water partition coefficient (Wildman–Crippen LogP) is 3.09. The molecule has 8 heteroatoms. The van der Waals surface area contributed by atoms with Gasteiger partial charge in [0.05, 0.1) is 0 Å². The molecule has 0 unspecified atom stereocenters. The van der Waals surface area contributed by atoms with Gasteiger partial charge in [-0.1, -0.05) is 0 Å². The predicted molar refractivity (Wildman–Crippen MR) is 31.8 cm³/mol. The minimum Gasteiger partial charge on any atom is -0.693 e. The van der Waals surface area contributed by atoms with Crippen LogP contribution in [-0.4, -0.2) is 16.4 Å². The van der Waals surface area contributed by atoms with Crippen LogP contribution in [0, 0.1) is 0 Å². The molecule has 0 aliphatic rings. The van der Waals surface area contributed by atoms with Crippen LogP contribution in [0.25, 0.3) is 24.6 Å². The van der Waals surface area contributed by atoms with E-state index in [2.05, 4.69) is 0 Å². The van der Waals surface area contributed by atoms with Crippen molar-refractivity contribution in [3.63, 3.8) is 0 Å². The Balaban J connectivity index is -0.00000000450. The van der Waals surface area contributed by atoms with Gasteiger partial charge < -0.3 is 34.8 Å². The van der Waals surface area contributed by atoms with Crippen molar-refractivity contribution < 1.29 is 31.8 Å². The molecule has 7 nitrogen and oxygen atoms in total. The quantitative estimate of drug-likeness (QED) is 0.586. The molecule has 0 rings (SSSR count). The van der Waals surface area contributed by atoms with Crippen LogP contribution in [0.1, 0.15) is 0 Å². The maximum Gasteiger partial charge on any atom is 0.503 e. The molecule has 0 fully saturated rings. The number of hydrogen-bond donors (Lipinski definition) is 2. The first-order chi connectivity index (χ1) is 1.73. The van der Waals surface area contributed by atoms with Gasteiger partial charge in [0.15, 0.2) is 0 Å². The van der Waals surface area contributed by atoms with Gasteiger partial charge in [0.25, 0.3) is 0 Å². The molecule has 0 aliphatic heterocycles. The van der Waals surface area contributed by atoms with Gasteiger partial charge >= 0.3 is 6.16 Å². The largest absolute Gasteiger partial charge is 0.693 e. The van der Waals surface area contributed by atoms with Crippen LogP contribution in [-0.2, 0) is 16.8 Å². The molecule has 0 spiro atoms. The van der Waals surface area contributed by atoms with Gasteiger partial charge in [-0.15, -0.1) is 0 Å². The second-order valence-corrected chi connectivity index (χ2v) is 0.283. The third-order valence-corrected chi connectivity index (χ3v) is 0. The summed E-state index contributed by atoms with van der Waals surface area (Å²) in [5, 5.41) is 13.9. The average Bonchev–Trinajstić information content (AvgIpc) is 0.811. The summed E-state index contributed by atoms with van der Waals surface area (Å²) in [5.74, 6) is 0.